The maximum absolute atomic E-state index is 11.9. The number of nitrogens with one attached hydrogen (secondary N) is 1. The lowest BCUT2D eigenvalue weighted by molar-refractivity contribution is -0.282. The number of halogens is 1. The summed E-state index contributed by atoms with van der Waals surface area (Å²) in [6, 6.07) is 9.28. The number of amides is 1. The van der Waals surface area contributed by atoms with Gasteiger partial charge in [0, 0.05) is 17.2 Å². The van der Waals surface area contributed by atoms with Gasteiger partial charge in [0.05, 0.1) is 5.56 Å². The highest BCUT2D eigenvalue weighted by Crippen LogP contribution is 2.38. The fourth-order valence-electron chi connectivity index (χ4n) is 3.26. The molecule has 0 saturated heterocycles. The van der Waals surface area contributed by atoms with Crippen LogP contribution in [0.4, 0.5) is 11.4 Å². The Balaban J connectivity index is 0.00000320. The van der Waals surface area contributed by atoms with Crippen LogP contribution in [0.25, 0.3) is 0 Å². The Morgan fingerprint density at radius 3 is 2.33 bits per heavy atom. The molecular weight excluding hydrogens is 400 g/mol. The molecule has 0 aliphatic carbocycles. The summed E-state index contributed by atoms with van der Waals surface area (Å²) in [6.07, 6.45) is 3.52. The van der Waals surface area contributed by atoms with Gasteiger partial charge < -0.3 is 5.11 Å². The van der Waals surface area contributed by atoms with Crippen molar-refractivity contribution in [1.29, 1.82) is 0 Å². The number of phenolic OH excluding ortho intramolecular Hbond substituents is 1. The van der Waals surface area contributed by atoms with E-state index in [0.29, 0.717) is 11.1 Å². The summed E-state index contributed by atoms with van der Waals surface area (Å²) in [4.78, 5) is 16.3. The van der Waals surface area contributed by atoms with Gasteiger partial charge >= 0.3 is 0 Å². The van der Waals surface area contributed by atoms with Crippen molar-refractivity contribution in [2.45, 2.75) is 52.4 Å². The molecule has 1 aliphatic heterocycles. The fourth-order valence-corrected chi connectivity index (χ4v) is 3.26. The number of aliphatic imine (C=N–C) groups is 1. The number of hydrogen-bond acceptors (Lipinski definition) is 4. The smallest absolute Gasteiger partial charge is 0.292 e. The van der Waals surface area contributed by atoms with Gasteiger partial charge in [-0.25, -0.2) is 5.84 Å². The number of rotatable bonds is 2. The molecule has 0 unspecified atom stereocenters. The van der Waals surface area contributed by atoms with Gasteiger partial charge in [-0.2, -0.15) is 4.58 Å². The molecule has 0 bridgehead atoms. The maximum atomic E-state index is 11.9. The van der Waals surface area contributed by atoms with Crippen LogP contribution in [0.15, 0.2) is 35.3 Å². The van der Waals surface area contributed by atoms with E-state index in [2.05, 4.69) is 58.0 Å². The minimum Gasteiger partial charge on any atom is -0.507 e. The first-order valence-corrected chi connectivity index (χ1v) is 9.62. The van der Waals surface area contributed by atoms with Gasteiger partial charge in [-0.05, 0) is 39.6 Å². The number of phenols is 1. The Hall–Kier alpha value is -2.70. The highest BCUT2D eigenvalue weighted by Gasteiger charge is 2.27. The standard InChI is InChI=1S/C23H28N4O2.ClH/c1-22(2,3)16-9-15(20(28)17(11-16)23(4,5)6)12-27-13-25-18-8-7-14(10-19(18)27)21(29)26-24;/h7-13H,24H2,1-6H3,(H,26,29);1H/p+1. The molecule has 0 saturated carbocycles. The van der Waals surface area contributed by atoms with Crippen molar-refractivity contribution in [2.24, 2.45) is 10.8 Å². The molecule has 3 rings (SSSR count). The number of carbonyl (C=O) groups is 1. The van der Waals surface area contributed by atoms with Gasteiger partial charge in [0.2, 0.25) is 5.69 Å². The van der Waals surface area contributed by atoms with Gasteiger partial charge in [0.15, 0.2) is 5.69 Å². The number of fused-ring (bicyclic) bond motifs is 1. The van der Waals surface area contributed by atoms with Crippen molar-refractivity contribution in [3.8, 4) is 5.75 Å². The molecule has 4 N–H and O–H groups in total. The second kappa shape index (κ2) is 8.20. The van der Waals surface area contributed by atoms with Crippen LogP contribution in [-0.4, -0.2) is 28.1 Å². The van der Waals surface area contributed by atoms with Crippen molar-refractivity contribution < 1.29 is 14.5 Å². The molecule has 0 atom stereocenters. The second-order valence-corrected chi connectivity index (χ2v) is 9.42. The summed E-state index contributed by atoms with van der Waals surface area (Å²) < 4.78 is 1.82. The molecule has 0 aromatic heterocycles. The number of hydrogen-bond donors (Lipinski definition) is 3. The molecule has 2 aromatic rings. The topological polar surface area (TPSA) is 90.7 Å². The monoisotopic (exact) mass is 429 g/mol. The van der Waals surface area contributed by atoms with Crippen molar-refractivity contribution in [1.82, 2.24) is 5.43 Å². The highest BCUT2D eigenvalue weighted by atomic mass is 35.5. The molecule has 160 valence electrons. The first kappa shape index (κ1) is 23.6. The van der Waals surface area contributed by atoms with Crippen LogP contribution >= 0.6 is 12.4 Å². The summed E-state index contributed by atoms with van der Waals surface area (Å²) >= 11 is 0. The van der Waals surface area contributed by atoms with Crippen molar-refractivity contribution in [2.75, 3.05) is 0 Å². The number of nitrogens with zero attached hydrogens (tertiary/aromatic N) is 2. The average molecular weight is 430 g/mol. The number of nitrogen functional groups attached to an aromatic ring is 1. The molecule has 30 heavy (non-hydrogen) atoms. The van der Waals surface area contributed by atoms with Gasteiger partial charge in [0.25, 0.3) is 12.2 Å². The van der Waals surface area contributed by atoms with Crippen LogP contribution in [0.3, 0.4) is 0 Å². The van der Waals surface area contributed by atoms with Crippen molar-refractivity contribution >= 4 is 42.2 Å². The summed E-state index contributed by atoms with van der Waals surface area (Å²) in [5, 5.41) is 11.0. The molecule has 7 heteroatoms. The third-order valence-electron chi connectivity index (χ3n) is 5.06. The number of benzene rings is 2. The predicted molar refractivity (Wildman–Crippen MR) is 124 cm³/mol. The first-order valence-electron chi connectivity index (χ1n) is 9.62. The van der Waals surface area contributed by atoms with Gasteiger partial charge in [-0.15, -0.1) is 12.4 Å². The SMILES string of the molecule is CC(C)(C)c1cc(C=[N+]2C=Nc3ccc(C(=O)NN)cc32)c(O)c(C(C)(C)C)c1.Cl. The Bertz CT molecular complexity index is 1040. The Labute approximate surface area is 183 Å². The van der Waals surface area contributed by atoms with Crippen LogP contribution in [-0.2, 0) is 10.8 Å². The quantitative estimate of drug-likeness (QED) is 0.285. The molecule has 1 aliphatic rings. The van der Waals surface area contributed by atoms with E-state index in [4.69, 9.17) is 5.84 Å². The molecule has 1 amide bonds. The van der Waals surface area contributed by atoms with Gasteiger partial charge in [-0.1, -0.05) is 47.6 Å². The molecule has 1 heterocycles. The van der Waals surface area contributed by atoms with Crippen molar-refractivity contribution in [3.05, 3.63) is 52.6 Å². The zero-order valence-corrected chi connectivity index (χ0v) is 19.1. The Morgan fingerprint density at radius 1 is 1.10 bits per heavy atom. The highest BCUT2D eigenvalue weighted by molar-refractivity contribution is 5.96. The fraction of sp³-hybridized carbons (Fsp3) is 0.348. The first-order chi connectivity index (χ1) is 13.4. The summed E-state index contributed by atoms with van der Waals surface area (Å²) in [6.45, 7) is 12.7. The van der Waals surface area contributed by atoms with Crippen LogP contribution in [0, 0.1) is 0 Å². The lowest BCUT2D eigenvalue weighted by Crippen LogP contribution is -2.29. The lowest BCUT2D eigenvalue weighted by Gasteiger charge is -2.26. The molecule has 2 aromatic carbocycles. The number of hydrazine groups is 1. The van der Waals surface area contributed by atoms with Crippen LogP contribution in [0.5, 0.6) is 5.75 Å². The van der Waals surface area contributed by atoms with E-state index in [0.717, 1.165) is 22.5 Å². The second-order valence-electron chi connectivity index (χ2n) is 9.42. The number of aromatic hydroxyl groups is 1. The van der Waals surface area contributed by atoms with Crippen LogP contribution in [0.2, 0.25) is 0 Å². The van der Waals surface area contributed by atoms with Crippen molar-refractivity contribution in [3.63, 3.8) is 0 Å². The predicted octanol–water partition coefficient (Wildman–Crippen LogP) is 4.45. The molecule has 0 fully saturated rings. The largest absolute Gasteiger partial charge is 0.507 e. The van der Waals surface area contributed by atoms with E-state index < -0.39 is 0 Å². The summed E-state index contributed by atoms with van der Waals surface area (Å²) in [7, 11) is 0. The van der Waals surface area contributed by atoms with E-state index in [-0.39, 0.29) is 34.9 Å². The minimum absolute atomic E-state index is 0. The number of carbonyl (C=O) groups excluding carboxylic acids is 1. The van der Waals surface area contributed by atoms with E-state index in [1.54, 1.807) is 24.5 Å². The molecule has 0 radical (unpaired) electrons. The third-order valence-corrected chi connectivity index (χ3v) is 5.06. The van der Waals surface area contributed by atoms with Crippen LogP contribution in [0.1, 0.15) is 68.6 Å². The Kier molecular flexibility index (Phi) is 6.45. The van der Waals surface area contributed by atoms with Gasteiger partial charge in [-0.3, -0.25) is 10.2 Å². The van der Waals surface area contributed by atoms with E-state index >= 15 is 0 Å². The number of nitrogens with two attached hydrogens (primary N) is 1. The third kappa shape index (κ3) is 4.55. The van der Waals surface area contributed by atoms with Gasteiger partial charge in [0.1, 0.15) is 12.0 Å². The van der Waals surface area contributed by atoms with E-state index in [1.807, 2.05) is 16.9 Å². The van der Waals surface area contributed by atoms with E-state index in [9.17, 15) is 9.90 Å². The zero-order valence-electron chi connectivity index (χ0n) is 18.3. The minimum atomic E-state index is -0.368. The molecular formula is C23H30ClN4O2+. The average Bonchev–Trinajstić information content (AvgIpc) is 3.02. The summed E-state index contributed by atoms with van der Waals surface area (Å²) in [5.74, 6) is 5.14. The van der Waals surface area contributed by atoms with Crippen LogP contribution < -0.4 is 11.3 Å². The van der Waals surface area contributed by atoms with E-state index in [1.165, 1.54) is 0 Å². The molecule has 0 spiro atoms. The lowest BCUT2D eigenvalue weighted by atomic mass is 9.79. The molecule has 6 nitrogen and oxygen atoms in total. The maximum Gasteiger partial charge on any atom is 0.292 e. The normalized spacial score (nSPS) is 14.4. The zero-order chi connectivity index (χ0) is 21.6. The summed E-state index contributed by atoms with van der Waals surface area (Å²) in [5.41, 5.74) is 6.54. The Morgan fingerprint density at radius 2 is 1.77 bits per heavy atom.